The second-order valence-electron chi connectivity index (χ2n) is 12.4. The molecule has 0 bridgehead atoms. The summed E-state index contributed by atoms with van der Waals surface area (Å²) in [6.07, 6.45) is 4.29. The molecule has 4 aliphatic heterocycles. The number of likely N-dealkylation sites (tertiary alicyclic amines) is 2. The number of carbonyl (C=O) groups is 5. The summed E-state index contributed by atoms with van der Waals surface area (Å²) in [5.74, 6) is -2.09. The summed E-state index contributed by atoms with van der Waals surface area (Å²) in [6, 6.07) is 1.95. The Balaban J connectivity index is 1.39. The average molecular weight is 615 g/mol. The molecule has 12 nitrogen and oxygen atoms in total. The number of nitrogens with one attached hydrogen (secondary N) is 1. The van der Waals surface area contributed by atoms with Gasteiger partial charge in [0, 0.05) is 46.2 Å². The summed E-state index contributed by atoms with van der Waals surface area (Å²) in [5, 5.41) is 3.05. The maximum absolute atomic E-state index is 14.5. The Bertz CT molecular complexity index is 1270. The summed E-state index contributed by atoms with van der Waals surface area (Å²) >= 11 is 0. The maximum Gasteiger partial charge on any atom is 0.258 e. The van der Waals surface area contributed by atoms with Crippen molar-refractivity contribution in [3.63, 3.8) is 0 Å². The van der Waals surface area contributed by atoms with Crippen molar-refractivity contribution >= 4 is 29.5 Å². The van der Waals surface area contributed by atoms with Crippen LogP contribution in [0.2, 0.25) is 0 Å². The van der Waals surface area contributed by atoms with E-state index in [0.29, 0.717) is 26.1 Å². The van der Waals surface area contributed by atoms with E-state index in [1.165, 1.54) is 29.0 Å². The van der Waals surface area contributed by atoms with Crippen molar-refractivity contribution in [2.75, 3.05) is 66.5 Å². The Hall–Kier alpha value is -3.74. The summed E-state index contributed by atoms with van der Waals surface area (Å²) in [5.41, 5.74) is -0.0450. The van der Waals surface area contributed by atoms with Gasteiger partial charge in [0.25, 0.3) is 5.91 Å². The van der Waals surface area contributed by atoms with Gasteiger partial charge in [0.05, 0.1) is 24.7 Å². The van der Waals surface area contributed by atoms with Crippen LogP contribution >= 0.6 is 0 Å². The fraction of sp³-hybridized carbons (Fsp3) is 0.645. The van der Waals surface area contributed by atoms with Crippen molar-refractivity contribution in [1.29, 1.82) is 0 Å². The first kappa shape index (κ1) is 31.7. The van der Waals surface area contributed by atoms with E-state index < -0.39 is 23.8 Å². The molecule has 240 valence electrons. The number of rotatable bonds is 4. The van der Waals surface area contributed by atoms with Gasteiger partial charge in [-0.3, -0.25) is 28.9 Å². The van der Waals surface area contributed by atoms with Crippen molar-refractivity contribution in [3.05, 3.63) is 29.6 Å². The number of hydrogen-bond donors (Lipinski definition) is 1. The smallest absolute Gasteiger partial charge is 0.258 e. The lowest BCUT2D eigenvalue weighted by atomic mass is 10.1. The molecule has 3 saturated heterocycles. The predicted molar refractivity (Wildman–Crippen MR) is 158 cm³/mol. The third-order valence-corrected chi connectivity index (χ3v) is 9.19. The molecule has 4 heterocycles. The molecule has 1 aromatic rings. The fourth-order valence-electron chi connectivity index (χ4n) is 6.68. The highest BCUT2D eigenvalue weighted by molar-refractivity contribution is 5.99. The summed E-state index contributed by atoms with van der Waals surface area (Å²) in [4.78, 5) is 74.8. The average Bonchev–Trinajstić information content (AvgIpc) is 3.78. The molecule has 1 N–H and O–H groups in total. The lowest BCUT2D eigenvalue weighted by Gasteiger charge is -2.31. The Morgan fingerprint density at radius 2 is 1.70 bits per heavy atom. The number of likely N-dealkylation sites (N-methyl/N-ethyl adjacent to an activating group) is 2. The molecule has 1 aromatic carbocycles. The van der Waals surface area contributed by atoms with Gasteiger partial charge in [-0.05, 0) is 69.8 Å². The zero-order valence-electron chi connectivity index (χ0n) is 25.6. The lowest BCUT2D eigenvalue weighted by molar-refractivity contribution is -0.141. The number of ether oxygens (including phenoxy) is 1. The summed E-state index contributed by atoms with van der Waals surface area (Å²) < 4.78 is 20.6. The van der Waals surface area contributed by atoms with Crippen LogP contribution in [0.5, 0.6) is 5.75 Å². The molecule has 5 amide bonds. The van der Waals surface area contributed by atoms with Crippen molar-refractivity contribution in [2.45, 2.75) is 63.1 Å². The topological polar surface area (TPSA) is 123 Å². The van der Waals surface area contributed by atoms with Crippen LogP contribution in [0.1, 0.15) is 55.3 Å². The number of fused-ring (bicyclic) bond motifs is 2. The molecule has 0 aliphatic carbocycles. The highest BCUT2D eigenvalue weighted by Crippen LogP contribution is 2.27. The Morgan fingerprint density at radius 3 is 2.43 bits per heavy atom. The molecule has 3 atom stereocenters. The normalized spacial score (nSPS) is 25.8. The van der Waals surface area contributed by atoms with Crippen molar-refractivity contribution in [3.8, 4) is 5.75 Å². The number of benzene rings is 1. The molecule has 0 unspecified atom stereocenters. The highest BCUT2D eigenvalue weighted by atomic mass is 19.1. The van der Waals surface area contributed by atoms with Gasteiger partial charge in [-0.2, -0.15) is 0 Å². The lowest BCUT2D eigenvalue weighted by Crippen LogP contribution is -2.49. The van der Waals surface area contributed by atoms with E-state index in [0.717, 1.165) is 44.8 Å². The maximum atomic E-state index is 14.5. The minimum atomic E-state index is -0.942. The van der Waals surface area contributed by atoms with E-state index >= 15 is 0 Å². The molecular weight excluding hydrogens is 571 g/mol. The molecule has 3 fully saturated rings. The monoisotopic (exact) mass is 614 g/mol. The van der Waals surface area contributed by atoms with E-state index in [4.69, 9.17) is 4.74 Å². The molecule has 0 saturated carbocycles. The second kappa shape index (κ2) is 13.9. The molecule has 0 radical (unpaired) electrons. The van der Waals surface area contributed by atoms with Crippen LogP contribution in [-0.4, -0.2) is 139 Å². The van der Waals surface area contributed by atoms with Crippen LogP contribution in [0.3, 0.4) is 0 Å². The van der Waals surface area contributed by atoms with Crippen LogP contribution in [0.4, 0.5) is 4.39 Å². The predicted octanol–water partition coefficient (Wildman–Crippen LogP) is 0.701. The molecule has 0 aromatic heterocycles. The van der Waals surface area contributed by atoms with E-state index in [1.807, 2.05) is 0 Å². The van der Waals surface area contributed by atoms with Crippen molar-refractivity contribution in [2.24, 2.45) is 0 Å². The van der Waals surface area contributed by atoms with Gasteiger partial charge in [0.15, 0.2) is 0 Å². The van der Waals surface area contributed by atoms with Crippen molar-refractivity contribution < 1.29 is 33.1 Å². The minimum absolute atomic E-state index is 0.00629. The summed E-state index contributed by atoms with van der Waals surface area (Å²) in [7, 11) is 3.03. The van der Waals surface area contributed by atoms with E-state index in [9.17, 15) is 28.4 Å². The Morgan fingerprint density at radius 1 is 1.00 bits per heavy atom. The standard InChI is InChI=1S/C31H43FN6O6/c1-34-19-29(41)38-17-22(33-27(39)18-36-11-3-4-12-36)16-23(38)20-44-26-9-7-21(32)15-24(26)30(42)35(2)25(8-10-28(34)40)31(43)37-13-5-6-14-37/h7,9,15,22-23,25H,3-6,8,10-14,16-20H2,1-2H3,(H,33,39)/t22-,23+,25+/m1/s1. The van der Waals surface area contributed by atoms with Crippen LogP contribution in [0.25, 0.3) is 0 Å². The van der Waals surface area contributed by atoms with E-state index in [-0.39, 0.29) is 73.5 Å². The van der Waals surface area contributed by atoms with Gasteiger partial charge >= 0.3 is 0 Å². The first-order chi connectivity index (χ1) is 21.1. The van der Waals surface area contributed by atoms with Crippen LogP contribution < -0.4 is 10.1 Å². The van der Waals surface area contributed by atoms with E-state index in [2.05, 4.69) is 10.2 Å². The molecule has 5 rings (SSSR count). The minimum Gasteiger partial charge on any atom is -0.491 e. The third kappa shape index (κ3) is 7.31. The number of nitrogens with zero attached hydrogens (tertiary/aromatic N) is 5. The molecule has 0 spiro atoms. The van der Waals surface area contributed by atoms with Gasteiger partial charge in [0.2, 0.25) is 23.6 Å². The highest BCUT2D eigenvalue weighted by Gasteiger charge is 2.39. The first-order valence-corrected chi connectivity index (χ1v) is 15.6. The zero-order valence-corrected chi connectivity index (χ0v) is 25.6. The van der Waals surface area contributed by atoms with Gasteiger partial charge in [-0.1, -0.05) is 0 Å². The third-order valence-electron chi connectivity index (χ3n) is 9.19. The number of amides is 5. The van der Waals surface area contributed by atoms with Crippen molar-refractivity contribution in [1.82, 2.24) is 29.8 Å². The van der Waals surface area contributed by atoms with Gasteiger partial charge in [0.1, 0.15) is 24.2 Å². The molecule has 4 aliphatic rings. The zero-order chi connectivity index (χ0) is 31.4. The first-order valence-electron chi connectivity index (χ1n) is 15.6. The van der Waals surface area contributed by atoms with Gasteiger partial charge in [-0.15, -0.1) is 0 Å². The number of hydrogen-bond acceptors (Lipinski definition) is 7. The largest absolute Gasteiger partial charge is 0.491 e. The van der Waals surface area contributed by atoms with Gasteiger partial charge < -0.3 is 29.7 Å². The molecule has 44 heavy (non-hydrogen) atoms. The molecular formula is C31H43FN6O6. The number of carbonyl (C=O) groups excluding carboxylic acids is 5. The van der Waals surface area contributed by atoms with Crippen LogP contribution in [0.15, 0.2) is 18.2 Å². The van der Waals surface area contributed by atoms with Crippen LogP contribution in [-0.2, 0) is 19.2 Å². The van der Waals surface area contributed by atoms with E-state index in [1.54, 1.807) is 16.8 Å². The Labute approximate surface area is 257 Å². The quantitative estimate of drug-likeness (QED) is 0.530. The Kier molecular flexibility index (Phi) is 10.0. The molecule has 13 heteroatoms. The van der Waals surface area contributed by atoms with Gasteiger partial charge in [-0.25, -0.2) is 4.39 Å². The second-order valence-corrected chi connectivity index (χ2v) is 12.4. The number of halogens is 1. The SMILES string of the molecule is CN1CC(=O)N2C[C@H](NC(=O)CN3CCCC3)C[C@H]2COc2ccc(F)cc2C(=O)N(C)[C@H](C(=O)N2CCCC2)CCC1=O. The fourth-order valence-corrected chi connectivity index (χ4v) is 6.68. The van der Waals surface area contributed by atoms with Crippen LogP contribution in [0, 0.1) is 5.82 Å². The summed E-state index contributed by atoms with van der Waals surface area (Å²) in [6.45, 7) is 3.31.